The molecule has 11 heteroatoms. The smallest absolute Gasteiger partial charge is 0.243 e. The van der Waals surface area contributed by atoms with Crippen molar-refractivity contribution in [2.75, 3.05) is 33.9 Å². The molecule has 1 fully saturated rings. The van der Waals surface area contributed by atoms with Gasteiger partial charge in [-0.15, -0.1) is 0 Å². The molecule has 8 nitrogen and oxygen atoms in total. The minimum absolute atomic E-state index is 0.0165. The quantitative estimate of drug-likeness (QED) is 0.354. The zero-order chi connectivity index (χ0) is 27.7. The summed E-state index contributed by atoms with van der Waals surface area (Å²) in [6.07, 6.45) is 1.99. The van der Waals surface area contributed by atoms with Crippen LogP contribution in [-0.2, 0) is 27.7 Å². The number of fused-ring (bicyclic) bond motifs is 1. The molecule has 0 unspecified atom stereocenters. The first kappa shape index (κ1) is 27.2. The van der Waals surface area contributed by atoms with Crippen molar-refractivity contribution in [3.63, 3.8) is 0 Å². The molecule has 0 radical (unpaired) electrons. The van der Waals surface area contributed by atoms with Gasteiger partial charge in [0.25, 0.3) is 0 Å². The van der Waals surface area contributed by atoms with E-state index in [1.54, 1.807) is 28.7 Å². The number of rotatable bonds is 8. The van der Waals surface area contributed by atoms with Gasteiger partial charge in [-0.25, -0.2) is 22.2 Å². The number of pyridine rings is 1. The molecule has 1 aliphatic heterocycles. The van der Waals surface area contributed by atoms with Crippen LogP contribution in [0.5, 0.6) is 5.75 Å². The van der Waals surface area contributed by atoms with Gasteiger partial charge in [0.2, 0.25) is 10.0 Å². The molecule has 1 atom stereocenters. The van der Waals surface area contributed by atoms with Crippen LogP contribution in [0.1, 0.15) is 16.8 Å². The van der Waals surface area contributed by atoms with Crippen molar-refractivity contribution in [2.24, 2.45) is 0 Å². The third-order valence-electron chi connectivity index (χ3n) is 6.83. The Bertz CT molecular complexity index is 1580. The predicted molar refractivity (Wildman–Crippen MR) is 143 cm³/mol. The van der Waals surface area contributed by atoms with Gasteiger partial charge < -0.3 is 19.2 Å². The van der Waals surface area contributed by atoms with E-state index in [0.717, 1.165) is 28.5 Å². The number of halogens is 2. The Balaban J connectivity index is 1.51. The number of aromatic nitrogens is 2. The van der Waals surface area contributed by atoms with Crippen molar-refractivity contribution in [3.05, 3.63) is 83.2 Å². The lowest BCUT2D eigenvalue weighted by molar-refractivity contribution is 0.0286. The Labute approximate surface area is 226 Å². The maximum absolute atomic E-state index is 15.6. The van der Waals surface area contributed by atoms with Gasteiger partial charge in [-0.1, -0.05) is 12.1 Å². The van der Waals surface area contributed by atoms with Crippen LogP contribution < -0.4 is 10.1 Å². The summed E-state index contributed by atoms with van der Waals surface area (Å²) in [6, 6.07) is 12.3. The molecule has 2 aromatic heterocycles. The number of nitrogens with one attached hydrogen (secondary N) is 1. The normalized spacial score (nSPS) is 16.2. The van der Waals surface area contributed by atoms with Crippen molar-refractivity contribution in [3.8, 4) is 17.0 Å². The van der Waals surface area contributed by atoms with Crippen LogP contribution in [0.3, 0.4) is 0 Å². The standard InChI is InChI=1S/C28H30F2N4O4S/c1-18-8-10-34-25(13-21-16-31-9-11-38-21)28(32-26(34)12-18)27-23(29)14-22(15-24(27)30)39(35,36)33(2)17-19-4-6-20(37-3)7-5-19/h4-8,10,12,14-15,21,31H,9,11,13,16-17H2,1-3H3/t21-/m0/s1. The van der Waals surface area contributed by atoms with Crippen molar-refractivity contribution in [1.82, 2.24) is 19.0 Å². The highest BCUT2D eigenvalue weighted by molar-refractivity contribution is 7.89. The molecule has 5 rings (SSSR count). The van der Waals surface area contributed by atoms with E-state index >= 15 is 8.78 Å². The Morgan fingerprint density at radius 1 is 1.15 bits per heavy atom. The number of imidazole rings is 1. The van der Waals surface area contributed by atoms with Gasteiger partial charge in [-0.05, 0) is 54.4 Å². The topological polar surface area (TPSA) is 85.2 Å². The van der Waals surface area contributed by atoms with Gasteiger partial charge >= 0.3 is 0 Å². The lowest BCUT2D eigenvalue weighted by Gasteiger charge is -2.24. The lowest BCUT2D eigenvalue weighted by Crippen LogP contribution is -2.39. The molecule has 1 saturated heterocycles. The van der Waals surface area contributed by atoms with Crippen LogP contribution >= 0.6 is 0 Å². The van der Waals surface area contributed by atoms with E-state index < -0.39 is 26.6 Å². The zero-order valence-electron chi connectivity index (χ0n) is 21.9. The fourth-order valence-corrected chi connectivity index (χ4v) is 5.92. The fourth-order valence-electron chi connectivity index (χ4n) is 4.74. The number of benzene rings is 2. The van der Waals surface area contributed by atoms with Crippen LogP contribution in [0, 0.1) is 18.6 Å². The van der Waals surface area contributed by atoms with E-state index in [9.17, 15) is 8.42 Å². The SMILES string of the molecule is COc1ccc(CN(C)S(=O)(=O)c2cc(F)c(-c3nc4cc(C)ccn4c3C[C@H]3CNCCO3)c(F)c2)cc1. The van der Waals surface area contributed by atoms with E-state index in [0.29, 0.717) is 42.2 Å². The molecule has 206 valence electrons. The van der Waals surface area contributed by atoms with Gasteiger partial charge in [0, 0.05) is 39.3 Å². The Kier molecular flexibility index (Phi) is 7.68. The highest BCUT2D eigenvalue weighted by Crippen LogP contribution is 2.33. The van der Waals surface area contributed by atoms with Gasteiger partial charge in [0.05, 0.1) is 41.7 Å². The minimum atomic E-state index is -4.19. The first-order valence-electron chi connectivity index (χ1n) is 12.6. The molecule has 0 aliphatic carbocycles. The second-order valence-corrected chi connectivity index (χ2v) is 11.7. The molecule has 0 bridgehead atoms. The van der Waals surface area contributed by atoms with E-state index in [2.05, 4.69) is 10.3 Å². The highest BCUT2D eigenvalue weighted by atomic mass is 32.2. The van der Waals surface area contributed by atoms with Crippen LogP contribution in [0.25, 0.3) is 16.9 Å². The summed E-state index contributed by atoms with van der Waals surface area (Å²) >= 11 is 0. The maximum Gasteiger partial charge on any atom is 0.243 e. The predicted octanol–water partition coefficient (Wildman–Crippen LogP) is 3.95. The first-order chi connectivity index (χ1) is 18.7. The second-order valence-electron chi connectivity index (χ2n) is 9.61. The lowest BCUT2D eigenvalue weighted by atomic mass is 10.0. The Morgan fingerprint density at radius 2 is 1.87 bits per heavy atom. The van der Waals surface area contributed by atoms with Gasteiger partial charge in [-0.3, -0.25) is 0 Å². The van der Waals surface area contributed by atoms with E-state index in [4.69, 9.17) is 9.47 Å². The van der Waals surface area contributed by atoms with Crippen LogP contribution in [0.4, 0.5) is 8.78 Å². The summed E-state index contributed by atoms with van der Waals surface area (Å²) < 4.78 is 71.6. The third kappa shape index (κ3) is 5.53. The molecule has 0 amide bonds. The Hall–Kier alpha value is -3.38. The largest absolute Gasteiger partial charge is 0.497 e. The van der Waals surface area contributed by atoms with Crippen LogP contribution in [0.2, 0.25) is 0 Å². The van der Waals surface area contributed by atoms with Crippen molar-refractivity contribution < 1.29 is 26.7 Å². The van der Waals surface area contributed by atoms with Gasteiger partial charge in [0.1, 0.15) is 23.0 Å². The van der Waals surface area contributed by atoms with Crippen molar-refractivity contribution in [1.29, 1.82) is 0 Å². The van der Waals surface area contributed by atoms with Gasteiger partial charge in [0.15, 0.2) is 0 Å². The number of ether oxygens (including phenoxy) is 2. The first-order valence-corrected chi connectivity index (χ1v) is 14.0. The summed E-state index contributed by atoms with van der Waals surface area (Å²) in [4.78, 5) is 4.09. The average molecular weight is 557 g/mol. The summed E-state index contributed by atoms with van der Waals surface area (Å²) in [5.74, 6) is -1.37. The van der Waals surface area contributed by atoms with E-state index in [1.807, 2.05) is 25.3 Å². The molecule has 1 N–H and O–H groups in total. The molecule has 4 aromatic rings. The Morgan fingerprint density at radius 3 is 2.51 bits per heavy atom. The number of hydrogen-bond donors (Lipinski definition) is 1. The van der Waals surface area contributed by atoms with Crippen LogP contribution in [-0.4, -0.2) is 62.1 Å². The number of aryl methyl sites for hydroxylation is 1. The van der Waals surface area contributed by atoms with E-state index in [-0.39, 0.29) is 23.9 Å². The zero-order valence-corrected chi connectivity index (χ0v) is 22.8. The molecular formula is C28H30F2N4O4S. The minimum Gasteiger partial charge on any atom is -0.497 e. The number of hydrogen-bond acceptors (Lipinski definition) is 6. The second kappa shape index (κ2) is 11.0. The molecule has 39 heavy (non-hydrogen) atoms. The highest BCUT2D eigenvalue weighted by Gasteiger charge is 2.28. The fraction of sp³-hybridized carbons (Fsp3) is 0.321. The average Bonchev–Trinajstić information content (AvgIpc) is 3.25. The summed E-state index contributed by atoms with van der Waals surface area (Å²) in [7, 11) is -1.29. The summed E-state index contributed by atoms with van der Waals surface area (Å²) in [6.45, 7) is 3.80. The van der Waals surface area contributed by atoms with E-state index in [1.165, 1.54) is 14.2 Å². The van der Waals surface area contributed by atoms with Crippen LogP contribution in [0.15, 0.2) is 59.6 Å². The summed E-state index contributed by atoms with van der Waals surface area (Å²) in [5, 5.41) is 3.26. The molecule has 1 aliphatic rings. The molecule has 2 aromatic carbocycles. The number of sulfonamides is 1. The monoisotopic (exact) mass is 556 g/mol. The number of morpholine rings is 1. The maximum atomic E-state index is 15.6. The molecule has 0 spiro atoms. The number of nitrogens with zero attached hydrogens (tertiary/aromatic N) is 3. The molecule has 0 saturated carbocycles. The number of methoxy groups -OCH3 is 1. The van der Waals surface area contributed by atoms with Gasteiger partial charge in [-0.2, -0.15) is 4.31 Å². The third-order valence-corrected chi connectivity index (χ3v) is 8.61. The van der Waals surface area contributed by atoms with Crippen molar-refractivity contribution in [2.45, 2.75) is 30.9 Å². The molecule has 3 heterocycles. The summed E-state index contributed by atoms with van der Waals surface area (Å²) in [5.41, 5.74) is 2.53. The van der Waals surface area contributed by atoms with Crippen molar-refractivity contribution >= 4 is 15.7 Å². The molecular weight excluding hydrogens is 526 g/mol.